The third kappa shape index (κ3) is 8.38. The van der Waals surface area contributed by atoms with Gasteiger partial charge in [0.1, 0.15) is 23.7 Å². The summed E-state index contributed by atoms with van der Waals surface area (Å²) in [5, 5.41) is 14.8. The first kappa shape index (κ1) is 26.7. The van der Waals surface area contributed by atoms with Crippen molar-refractivity contribution in [3.63, 3.8) is 0 Å². The lowest BCUT2D eigenvalue weighted by Crippen LogP contribution is -2.57. The third-order valence-electron chi connectivity index (χ3n) is 5.31. The average molecular weight is 442 g/mol. The Hall–Kier alpha value is -2.32. The van der Waals surface area contributed by atoms with Crippen molar-refractivity contribution >= 4 is 23.9 Å². The van der Waals surface area contributed by atoms with E-state index in [1.165, 1.54) is 4.90 Å². The molecule has 1 fully saturated rings. The number of ether oxygens (including phenoxy) is 1. The maximum absolute atomic E-state index is 13.1. The second kappa shape index (κ2) is 11.3. The number of carboxylic acids is 1. The lowest BCUT2D eigenvalue weighted by Gasteiger charge is -2.31. The molecule has 1 heterocycles. The van der Waals surface area contributed by atoms with E-state index in [2.05, 4.69) is 10.6 Å². The van der Waals surface area contributed by atoms with E-state index < -0.39 is 47.6 Å². The Morgan fingerprint density at radius 1 is 1.13 bits per heavy atom. The van der Waals surface area contributed by atoms with E-state index in [-0.39, 0.29) is 11.8 Å². The Kier molecular flexibility index (Phi) is 9.77. The van der Waals surface area contributed by atoms with Gasteiger partial charge in [-0.3, -0.25) is 9.59 Å². The monoisotopic (exact) mass is 441 g/mol. The second-order valence-corrected chi connectivity index (χ2v) is 9.73. The number of likely N-dealkylation sites (tertiary alicyclic amines) is 1. The first-order valence-electron chi connectivity index (χ1n) is 11.1. The second-order valence-electron chi connectivity index (χ2n) is 9.73. The van der Waals surface area contributed by atoms with E-state index in [0.717, 1.165) is 0 Å². The number of nitrogens with zero attached hydrogens (tertiary/aromatic N) is 1. The molecule has 1 aliphatic heterocycles. The summed E-state index contributed by atoms with van der Waals surface area (Å²) in [5.41, 5.74) is -0.710. The number of rotatable bonds is 9. The van der Waals surface area contributed by atoms with Crippen LogP contribution in [-0.4, -0.2) is 64.2 Å². The van der Waals surface area contributed by atoms with Gasteiger partial charge in [0.2, 0.25) is 11.8 Å². The molecule has 9 heteroatoms. The van der Waals surface area contributed by atoms with Crippen molar-refractivity contribution in [1.29, 1.82) is 0 Å². The Morgan fingerprint density at radius 3 is 2.23 bits per heavy atom. The Morgan fingerprint density at radius 2 is 1.74 bits per heavy atom. The molecule has 4 atom stereocenters. The predicted molar refractivity (Wildman–Crippen MR) is 116 cm³/mol. The fraction of sp³-hybridized carbons (Fsp3) is 0.818. The zero-order chi connectivity index (χ0) is 23.9. The van der Waals surface area contributed by atoms with Crippen LogP contribution in [0.25, 0.3) is 0 Å². The van der Waals surface area contributed by atoms with Crippen LogP contribution in [0.15, 0.2) is 0 Å². The number of carbonyl (C=O) groups excluding carboxylic acids is 3. The molecule has 3 amide bonds. The zero-order valence-corrected chi connectivity index (χ0v) is 19.9. The van der Waals surface area contributed by atoms with E-state index in [1.807, 2.05) is 27.7 Å². The molecular weight excluding hydrogens is 402 g/mol. The zero-order valence-electron chi connectivity index (χ0n) is 19.9. The normalized spacial score (nSPS) is 19.5. The highest BCUT2D eigenvalue weighted by Crippen LogP contribution is 2.21. The predicted octanol–water partition coefficient (Wildman–Crippen LogP) is 2.53. The molecule has 0 bridgehead atoms. The topological polar surface area (TPSA) is 125 Å². The van der Waals surface area contributed by atoms with Crippen LogP contribution in [0.3, 0.4) is 0 Å². The summed E-state index contributed by atoms with van der Waals surface area (Å²) in [7, 11) is 0. The van der Waals surface area contributed by atoms with Crippen molar-refractivity contribution in [1.82, 2.24) is 15.5 Å². The van der Waals surface area contributed by atoms with Crippen LogP contribution in [0.2, 0.25) is 0 Å². The van der Waals surface area contributed by atoms with Crippen molar-refractivity contribution in [2.45, 2.75) is 97.9 Å². The molecule has 0 saturated carbocycles. The van der Waals surface area contributed by atoms with Gasteiger partial charge in [0, 0.05) is 6.54 Å². The molecular formula is C22H39N3O6. The number of hydrogen-bond donors (Lipinski definition) is 3. The third-order valence-corrected chi connectivity index (χ3v) is 5.31. The summed E-state index contributed by atoms with van der Waals surface area (Å²) < 4.78 is 5.28. The number of hydrogen-bond acceptors (Lipinski definition) is 5. The van der Waals surface area contributed by atoms with Crippen molar-refractivity contribution in [2.75, 3.05) is 6.54 Å². The maximum atomic E-state index is 13.1. The fourth-order valence-electron chi connectivity index (χ4n) is 3.58. The fourth-order valence-corrected chi connectivity index (χ4v) is 3.58. The number of carboxylic acid groups (broad SMARTS) is 1. The number of aliphatic carboxylic acids is 1. The van der Waals surface area contributed by atoms with Gasteiger partial charge >= 0.3 is 12.1 Å². The van der Waals surface area contributed by atoms with Gasteiger partial charge in [-0.2, -0.15) is 0 Å². The van der Waals surface area contributed by atoms with Gasteiger partial charge in [-0.15, -0.1) is 0 Å². The molecule has 0 unspecified atom stereocenters. The Labute approximate surface area is 185 Å². The average Bonchev–Trinajstić information content (AvgIpc) is 3.12. The van der Waals surface area contributed by atoms with Gasteiger partial charge in [-0.05, 0) is 51.9 Å². The molecule has 0 aliphatic carbocycles. The van der Waals surface area contributed by atoms with Crippen LogP contribution < -0.4 is 10.6 Å². The molecule has 178 valence electrons. The van der Waals surface area contributed by atoms with E-state index in [4.69, 9.17) is 4.74 Å². The lowest BCUT2D eigenvalue weighted by molar-refractivity contribution is -0.149. The van der Waals surface area contributed by atoms with Crippen LogP contribution in [-0.2, 0) is 19.1 Å². The van der Waals surface area contributed by atoms with Crippen molar-refractivity contribution in [2.24, 2.45) is 11.8 Å². The summed E-state index contributed by atoms with van der Waals surface area (Å²) in [4.78, 5) is 51.4. The molecule has 3 N–H and O–H groups in total. The van der Waals surface area contributed by atoms with Crippen molar-refractivity contribution < 1.29 is 29.0 Å². The molecule has 0 aromatic rings. The molecule has 1 saturated heterocycles. The summed E-state index contributed by atoms with van der Waals surface area (Å²) in [5.74, 6) is -2.01. The van der Waals surface area contributed by atoms with Crippen LogP contribution in [0.5, 0.6) is 0 Å². The number of alkyl carbamates (subject to hydrolysis) is 1. The van der Waals surface area contributed by atoms with E-state index >= 15 is 0 Å². The molecule has 1 rings (SSSR count). The number of carbonyl (C=O) groups is 4. The van der Waals surface area contributed by atoms with Crippen LogP contribution in [0, 0.1) is 11.8 Å². The van der Waals surface area contributed by atoms with Crippen molar-refractivity contribution in [3.8, 4) is 0 Å². The molecule has 9 nitrogen and oxygen atoms in total. The van der Waals surface area contributed by atoms with Gasteiger partial charge in [0.05, 0.1) is 0 Å². The molecule has 31 heavy (non-hydrogen) atoms. The quantitative estimate of drug-likeness (QED) is 0.505. The maximum Gasteiger partial charge on any atom is 0.408 e. The number of amides is 3. The Balaban J connectivity index is 3.01. The molecule has 0 radical (unpaired) electrons. The summed E-state index contributed by atoms with van der Waals surface area (Å²) in [6.07, 6.45) is 1.31. The molecule has 0 aromatic carbocycles. The van der Waals surface area contributed by atoms with Crippen LogP contribution in [0.4, 0.5) is 4.79 Å². The Bertz CT molecular complexity index is 658. The molecule has 0 aromatic heterocycles. The van der Waals surface area contributed by atoms with Gasteiger partial charge in [-0.25, -0.2) is 9.59 Å². The summed E-state index contributed by atoms with van der Waals surface area (Å²) in [6.45, 7) is 13.1. The van der Waals surface area contributed by atoms with Crippen LogP contribution in [0.1, 0.15) is 74.1 Å². The highest BCUT2D eigenvalue weighted by Gasteiger charge is 2.39. The summed E-state index contributed by atoms with van der Waals surface area (Å²) >= 11 is 0. The van der Waals surface area contributed by atoms with E-state index in [9.17, 15) is 24.3 Å². The van der Waals surface area contributed by atoms with Crippen LogP contribution >= 0.6 is 0 Å². The molecule has 1 aliphatic rings. The smallest absolute Gasteiger partial charge is 0.408 e. The first-order chi connectivity index (χ1) is 14.3. The lowest BCUT2D eigenvalue weighted by atomic mass is 9.96. The van der Waals surface area contributed by atoms with E-state index in [1.54, 1.807) is 20.8 Å². The minimum atomic E-state index is -1.04. The van der Waals surface area contributed by atoms with Gasteiger partial charge < -0.3 is 25.4 Å². The molecule has 0 spiro atoms. The summed E-state index contributed by atoms with van der Waals surface area (Å²) in [6, 6.07) is -2.61. The van der Waals surface area contributed by atoms with Gasteiger partial charge in [0.15, 0.2) is 0 Å². The minimum absolute atomic E-state index is 0.0981. The highest BCUT2D eigenvalue weighted by atomic mass is 16.6. The van der Waals surface area contributed by atoms with E-state index in [0.29, 0.717) is 32.2 Å². The minimum Gasteiger partial charge on any atom is -0.480 e. The largest absolute Gasteiger partial charge is 0.480 e. The SMILES string of the molecule is CC[C@H](C)[C@H](NC(=O)OC(C)(C)C)C(=O)N[C@@H](CC(C)C)C(=O)N1CCC[C@H]1C(=O)O. The van der Waals surface area contributed by atoms with Gasteiger partial charge in [0.25, 0.3) is 0 Å². The van der Waals surface area contributed by atoms with Gasteiger partial charge in [-0.1, -0.05) is 34.1 Å². The number of nitrogens with one attached hydrogen (secondary N) is 2. The van der Waals surface area contributed by atoms with Crippen molar-refractivity contribution in [3.05, 3.63) is 0 Å². The standard InChI is InChI=1S/C22H39N3O6/c1-8-14(4)17(24-21(30)31-22(5,6)7)18(26)23-15(12-13(2)3)19(27)25-11-9-10-16(25)20(28)29/h13-17H,8-12H2,1-7H3,(H,23,26)(H,24,30)(H,28,29)/t14-,15-,16-,17-/m0/s1. The highest BCUT2D eigenvalue weighted by molar-refractivity contribution is 5.93. The first-order valence-corrected chi connectivity index (χ1v) is 11.1.